The third-order valence-corrected chi connectivity index (χ3v) is 3.14. The first-order valence-electron chi connectivity index (χ1n) is 6.50. The molecule has 0 unspecified atom stereocenters. The van der Waals surface area contributed by atoms with Gasteiger partial charge in [-0.25, -0.2) is 8.78 Å². The van der Waals surface area contributed by atoms with E-state index >= 15 is 0 Å². The van der Waals surface area contributed by atoms with Crippen LogP contribution in [-0.4, -0.2) is 49.6 Å². The first kappa shape index (κ1) is 15.3. The van der Waals surface area contributed by atoms with E-state index in [9.17, 15) is 13.6 Å². The molecule has 18 heavy (non-hydrogen) atoms. The zero-order chi connectivity index (χ0) is 13.4. The van der Waals surface area contributed by atoms with Crippen molar-refractivity contribution in [3.63, 3.8) is 0 Å². The quantitative estimate of drug-likeness (QED) is 0.640. The number of nitrogens with zero attached hydrogens (tertiary/aromatic N) is 1. The molecule has 0 atom stereocenters. The van der Waals surface area contributed by atoms with E-state index in [1.165, 1.54) is 0 Å². The molecule has 6 heteroatoms. The maximum absolute atomic E-state index is 11.9. The van der Waals surface area contributed by atoms with E-state index in [0.717, 1.165) is 25.7 Å². The molecule has 0 bridgehead atoms. The maximum Gasteiger partial charge on any atom is 0.261 e. The summed E-state index contributed by atoms with van der Waals surface area (Å²) >= 11 is 0. The van der Waals surface area contributed by atoms with E-state index < -0.39 is 13.0 Å². The van der Waals surface area contributed by atoms with E-state index in [2.05, 4.69) is 0 Å². The molecule has 0 aliphatic heterocycles. The molecule has 1 amide bonds. The molecular formula is C12H22F2N2O2. The van der Waals surface area contributed by atoms with Gasteiger partial charge < -0.3 is 15.4 Å². The van der Waals surface area contributed by atoms with Crippen molar-refractivity contribution in [1.29, 1.82) is 0 Å². The number of carbonyl (C=O) groups is 1. The van der Waals surface area contributed by atoms with Crippen molar-refractivity contribution >= 4 is 5.91 Å². The lowest BCUT2D eigenvalue weighted by Crippen LogP contribution is -2.45. The molecule has 1 fully saturated rings. The number of hydrogen-bond acceptors (Lipinski definition) is 3. The summed E-state index contributed by atoms with van der Waals surface area (Å²) in [6.45, 7) is 0.682. The van der Waals surface area contributed by atoms with Gasteiger partial charge in [0.25, 0.3) is 6.43 Å². The lowest BCUT2D eigenvalue weighted by Gasteiger charge is -2.37. The highest BCUT2D eigenvalue weighted by Gasteiger charge is 2.27. The standard InChI is InChI=1S/C12H22F2N2O2/c13-11(14)9-18-8-5-12(17)16(7-2-6-15)10-3-1-4-10/h10-11H,1-9,15H2. The van der Waals surface area contributed by atoms with Gasteiger partial charge in [-0.3, -0.25) is 4.79 Å². The number of carbonyl (C=O) groups excluding carboxylic acids is 1. The van der Waals surface area contributed by atoms with Crippen LogP contribution in [0.4, 0.5) is 8.78 Å². The number of amides is 1. The Morgan fingerprint density at radius 1 is 1.44 bits per heavy atom. The molecule has 0 aromatic heterocycles. The van der Waals surface area contributed by atoms with Gasteiger partial charge in [0, 0.05) is 12.6 Å². The number of nitrogens with two attached hydrogens (primary N) is 1. The molecule has 2 N–H and O–H groups in total. The van der Waals surface area contributed by atoms with Gasteiger partial charge in [0.05, 0.1) is 13.0 Å². The number of alkyl halides is 2. The average Bonchev–Trinajstić information content (AvgIpc) is 2.26. The van der Waals surface area contributed by atoms with Crippen molar-refractivity contribution < 1.29 is 18.3 Å². The van der Waals surface area contributed by atoms with Crippen molar-refractivity contribution in [2.24, 2.45) is 5.73 Å². The number of rotatable bonds is 9. The lowest BCUT2D eigenvalue weighted by molar-refractivity contribution is -0.136. The fourth-order valence-corrected chi connectivity index (χ4v) is 1.95. The highest BCUT2D eigenvalue weighted by atomic mass is 19.3. The third-order valence-electron chi connectivity index (χ3n) is 3.14. The predicted molar refractivity (Wildman–Crippen MR) is 64.5 cm³/mol. The second-order valence-corrected chi connectivity index (χ2v) is 4.53. The summed E-state index contributed by atoms with van der Waals surface area (Å²) in [6, 6.07) is 0.319. The minimum absolute atomic E-state index is 0.0117. The van der Waals surface area contributed by atoms with E-state index in [1.807, 2.05) is 4.90 Å². The molecular weight excluding hydrogens is 242 g/mol. The lowest BCUT2D eigenvalue weighted by atomic mass is 9.91. The molecule has 0 spiro atoms. The molecule has 0 radical (unpaired) electrons. The molecule has 0 aromatic rings. The largest absolute Gasteiger partial charge is 0.375 e. The van der Waals surface area contributed by atoms with Gasteiger partial charge in [0.2, 0.25) is 5.91 Å². The van der Waals surface area contributed by atoms with Gasteiger partial charge in [0.1, 0.15) is 6.61 Å². The van der Waals surface area contributed by atoms with Gasteiger partial charge in [-0.05, 0) is 32.2 Å². The Kier molecular flexibility index (Phi) is 7.12. The van der Waals surface area contributed by atoms with Gasteiger partial charge in [-0.2, -0.15) is 0 Å². The van der Waals surface area contributed by atoms with Crippen molar-refractivity contribution in [3.05, 3.63) is 0 Å². The van der Waals surface area contributed by atoms with Crippen LogP contribution in [0, 0.1) is 0 Å². The summed E-state index contributed by atoms with van der Waals surface area (Å²) in [7, 11) is 0. The SMILES string of the molecule is NCCCN(C(=O)CCOCC(F)F)C1CCC1. The molecule has 1 saturated carbocycles. The highest BCUT2D eigenvalue weighted by Crippen LogP contribution is 2.25. The monoisotopic (exact) mass is 264 g/mol. The van der Waals surface area contributed by atoms with E-state index in [-0.39, 0.29) is 18.9 Å². The van der Waals surface area contributed by atoms with E-state index in [1.54, 1.807) is 0 Å². The topological polar surface area (TPSA) is 55.6 Å². The minimum atomic E-state index is -2.47. The summed E-state index contributed by atoms with van der Waals surface area (Å²) in [4.78, 5) is 13.8. The summed E-state index contributed by atoms with van der Waals surface area (Å²) < 4.78 is 28.4. The Morgan fingerprint density at radius 2 is 2.17 bits per heavy atom. The molecule has 106 valence electrons. The van der Waals surface area contributed by atoms with Crippen LogP contribution in [0.5, 0.6) is 0 Å². The van der Waals surface area contributed by atoms with Gasteiger partial charge in [0.15, 0.2) is 0 Å². The maximum atomic E-state index is 11.9. The molecule has 1 aliphatic rings. The average molecular weight is 264 g/mol. The van der Waals surface area contributed by atoms with Gasteiger partial charge >= 0.3 is 0 Å². The van der Waals surface area contributed by atoms with Crippen LogP contribution in [0.25, 0.3) is 0 Å². The Hall–Kier alpha value is -0.750. The Labute approximate surface area is 106 Å². The molecule has 1 aliphatic carbocycles. The van der Waals surface area contributed by atoms with Crippen LogP contribution in [0.15, 0.2) is 0 Å². The van der Waals surface area contributed by atoms with Crippen molar-refractivity contribution in [1.82, 2.24) is 4.90 Å². The zero-order valence-corrected chi connectivity index (χ0v) is 10.6. The van der Waals surface area contributed by atoms with Crippen LogP contribution in [0.3, 0.4) is 0 Å². The van der Waals surface area contributed by atoms with Crippen molar-refractivity contribution in [3.8, 4) is 0 Å². The zero-order valence-electron chi connectivity index (χ0n) is 10.6. The third kappa shape index (κ3) is 5.27. The predicted octanol–water partition coefficient (Wildman–Crippen LogP) is 1.39. The van der Waals surface area contributed by atoms with Gasteiger partial charge in [-0.1, -0.05) is 0 Å². The molecule has 0 aromatic carbocycles. The second-order valence-electron chi connectivity index (χ2n) is 4.53. The van der Waals surface area contributed by atoms with Gasteiger partial charge in [-0.15, -0.1) is 0 Å². The Balaban J connectivity index is 2.25. The summed E-state index contributed by atoms with van der Waals surface area (Å²) in [5.74, 6) is -0.0117. The summed E-state index contributed by atoms with van der Waals surface area (Å²) in [5.41, 5.74) is 5.45. The number of halogens is 2. The van der Waals surface area contributed by atoms with E-state index in [0.29, 0.717) is 19.1 Å². The van der Waals surface area contributed by atoms with Crippen molar-refractivity contribution in [2.45, 2.75) is 44.6 Å². The van der Waals surface area contributed by atoms with Crippen LogP contribution in [0.1, 0.15) is 32.1 Å². The smallest absolute Gasteiger partial charge is 0.261 e. The van der Waals surface area contributed by atoms with E-state index in [4.69, 9.17) is 10.5 Å². The summed E-state index contributed by atoms with van der Waals surface area (Å²) in [6.07, 6.45) is 1.70. The first-order valence-corrected chi connectivity index (χ1v) is 6.50. The van der Waals surface area contributed by atoms with Crippen molar-refractivity contribution in [2.75, 3.05) is 26.3 Å². The number of hydrogen-bond donors (Lipinski definition) is 1. The van der Waals surface area contributed by atoms with Crippen LogP contribution in [0.2, 0.25) is 0 Å². The highest BCUT2D eigenvalue weighted by molar-refractivity contribution is 5.76. The summed E-state index contributed by atoms with van der Waals surface area (Å²) in [5, 5.41) is 0. The normalized spacial score (nSPS) is 15.8. The van der Waals surface area contributed by atoms with Crippen LogP contribution in [-0.2, 0) is 9.53 Å². The Morgan fingerprint density at radius 3 is 2.67 bits per heavy atom. The Bertz CT molecular complexity index is 248. The van der Waals surface area contributed by atoms with Crippen LogP contribution < -0.4 is 5.73 Å². The fraction of sp³-hybridized carbons (Fsp3) is 0.917. The second kappa shape index (κ2) is 8.37. The van der Waals surface area contributed by atoms with Crippen LogP contribution >= 0.6 is 0 Å². The first-order chi connectivity index (χ1) is 8.65. The fourth-order valence-electron chi connectivity index (χ4n) is 1.95. The molecule has 0 saturated heterocycles. The number of ether oxygens (including phenoxy) is 1. The molecule has 1 rings (SSSR count). The molecule has 4 nitrogen and oxygen atoms in total. The molecule has 0 heterocycles. The minimum Gasteiger partial charge on any atom is -0.375 e.